The van der Waals surface area contributed by atoms with Crippen LogP contribution in [-0.2, 0) is 24.4 Å². The zero-order valence-corrected chi connectivity index (χ0v) is 15.0. The molecule has 0 spiro atoms. The summed E-state index contributed by atoms with van der Waals surface area (Å²) in [5.74, 6) is -0.169. The highest BCUT2D eigenvalue weighted by Crippen LogP contribution is 2.22. The minimum absolute atomic E-state index is 0.00254. The number of aliphatic hydroxyl groups excluding tert-OH is 1. The number of hydrogen-bond acceptors (Lipinski definition) is 4. The number of hydrogen-bond donors (Lipinski definition) is 1. The van der Waals surface area contributed by atoms with E-state index in [0.29, 0.717) is 30.1 Å². The van der Waals surface area contributed by atoms with E-state index in [9.17, 15) is 14.7 Å². The number of carbonyl (C=O) groups is 1. The van der Waals surface area contributed by atoms with Crippen LogP contribution >= 0.6 is 0 Å². The van der Waals surface area contributed by atoms with Gasteiger partial charge >= 0.3 is 5.76 Å². The van der Waals surface area contributed by atoms with Crippen molar-refractivity contribution >= 4 is 17.0 Å². The molecule has 0 saturated carbocycles. The Hall–Kier alpha value is -2.86. The van der Waals surface area contributed by atoms with Crippen LogP contribution in [0.4, 0.5) is 0 Å². The summed E-state index contributed by atoms with van der Waals surface area (Å²) in [4.78, 5) is 26.6. The fourth-order valence-corrected chi connectivity index (χ4v) is 3.81. The van der Waals surface area contributed by atoms with Crippen molar-refractivity contribution in [3.8, 4) is 0 Å². The lowest BCUT2D eigenvalue weighted by Crippen LogP contribution is -2.34. The molecule has 0 unspecified atom stereocenters. The van der Waals surface area contributed by atoms with Gasteiger partial charge in [-0.2, -0.15) is 0 Å². The molecule has 0 aliphatic carbocycles. The molecule has 140 valence electrons. The quantitative estimate of drug-likeness (QED) is 0.751. The molecule has 2 heterocycles. The summed E-state index contributed by atoms with van der Waals surface area (Å²) in [6.07, 6.45) is 1.82. The number of fused-ring (bicyclic) bond motifs is 1. The molecule has 6 heteroatoms. The summed E-state index contributed by atoms with van der Waals surface area (Å²) in [5.41, 5.74) is 3.23. The molecule has 1 aromatic heterocycles. The van der Waals surface area contributed by atoms with Gasteiger partial charge in [0.2, 0.25) is 5.91 Å². The zero-order chi connectivity index (χ0) is 18.8. The van der Waals surface area contributed by atoms with E-state index in [1.54, 1.807) is 18.2 Å². The Labute approximate surface area is 156 Å². The summed E-state index contributed by atoms with van der Waals surface area (Å²) in [5, 5.41) is 9.27. The van der Waals surface area contributed by atoms with Crippen LogP contribution in [0.5, 0.6) is 0 Å². The topological polar surface area (TPSA) is 75.7 Å². The van der Waals surface area contributed by atoms with Crippen LogP contribution in [0.2, 0.25) is 0 Å². The van der Waals surface area contributed by atoms with Gasteiger partial charge in [0.1, 0.15) is 6.54 Å². The van der Waals surface area contributed by atoms with Gasteiger partial charge in [0.15, 0.2) is 5.58 Å². The fourth-order valence-electron chi connectivity index (χ4n) is 3.81. The van der Waals surface area contributed by atoms with E-state index in [1.165, 1.54) is 10.1 Å². The second-order valence-electron chi connectivity index (χ2n) is 7.10. The fraction of sp³-hybridized carbons (Fsp3) is 0.333. The zero-order valence-electron chi connectivity index (χ0n) is 15.0. The Morgan fingerprint density at radius 3 is 2.81 bits per heavy atom. The molecule has 1 aliphatic heterocycles. The largest absolute Gasteiger partial charge is 0.420 e. The Morgan fingerprint density at radius 2 is 1.96 bits per heavy atom. The molecule has 1 fully saturated rings. The van der Waals surface area contributed by atoms with Gasteiger partial charge in [-0.3, -0.25) is 9.36 Å². The Kier molecular flexibility index (Phi) is 4.81. The lowest BCUT2D eigenvalue weighted by atomic mass is 9.97. The number of likely N-dealkylation sites (tertiary alicyclic amines) is 1. The number of para-hydroxylation sites is 2. The SMILES string of the molecule is O=C(Cn1c(=O)oc2ccccc21)N1CC[C@H](Cc2cccc(CO)c2)C1. The molecule has 1 atom stereocenters. The maximum atomic E-state index is 12.7. The number of oxazole rings is 1. The van der Waals surface area contributed by atoms with Crippen molar-refractivity contribution in [3.05, 3.63) is 70.2 Å². The van der Waals surface area contributed by atoms with E-state index >= 15 is 0 Å². The first kappa shape index (κ1) is 17.5. The van der Waals surface area contributed by atoms with Crippen molar-refractivity contribution in [2.45, 2.75) is 26.0 Å². The van der Waals surface area contributed by atoms with E-state index < -0.39 is 5.76 Å². The average Bonchev–Trinajstić information content (AvgIpc) is 3.27. The molecular weight excluding hydrogens is 344 g/mol. The van der Waals surface area contributed by atoms with Crippen LogP contribution in [0.15, 0.2) is 57.7 Å². The van der Waals surface area contributed by atoms with Crippen LogP contribution in [0.25, 0.3) is 11.1 Å². The number of aliphatic hydroxyl groups is 1. The second kappa shape index (κ2) is 7.40. The van der Waals surface area contributed by atoms with Crippen molar-refractivity contribution in [2.75, 3.05) is 13.1 Å². The summed E-state index contributed by atoms with van der Waals surface area (Å²) < 4.78 is 6.60. The maximum Gasteiger partial charge on any atom is 0.420 e. The molecular formula is C21H22N2O4. The van der Waals surface area contributed by atoms with Crippen LogP contribution in [0.1, 0.15) is 17.5 Å². The van der Waals surface area contributed by atoms with Crippen LogP contribution in [0.3, 0.4) is 0 Å². The molecule has 1 N–H and O–H groups in total. The third-order valence-corrected chi connectivity index (χ3v) is 5.20. The van der Waals surface area contributed by atoms with Gasteiger partial charge in [-0.25, -0.2) is 4.79 Å². The number of nitrogens with zero attached hydrogens (tertiary/aromatic N) is 2. The lowest BCUT2D eigenvalue weighted by molar-refractivity contribution is -0.130. The minimum Gasteiger partial charge on any atom is -0.408 e. The minimum atomic E-state index is -0.499. The molecule has 1 aliphatic rings. The highest BCUT2D eigenvalue weighted by molar-refractivity contribution is 5.79. The van der Waals surface area contributed by atoms with Gasteiger partial charge in [-0.15, -0.1) is 0 Å². The van der Waals surface area contributed by atoms with Gasteiger partial charge in [-0.1, -0.05) is 36.4 Å². The Bertz CT molecular complexity index is 1020. The van der Waals surface area contributed by atoms with Crippen molar-refractivity contribution in [3.63, 3.8) is 0 Å². The second-order valence-corrected chi connectivity index (χ2v) is 7.10. The van der Waals surface area contributed by atoms with E-state index in [4.69, 9.17) is 4.42 Å². The standard InChI is InChI=1S/C21H22N2O4/c24-14-17-5-3-4-15(11-17)10-16-8-9-22(12-16)20(25)13-23-18-6-1-2-7-19(18)27-21(23)26/h1-7,11,16,24H,8-10,12-14H2/t16-/m1/s1. The third kappa shape index (κ3) is 3.66. The molecule has 2 aromatic carbocycles. The monoisotopic (exact) mass is 366 g/mol. The number of amides is 1. The van der Waals surface area contributed by atoms with Gasteiger partial charge in [0.25, 0.3) is 0 Å². The van der Waals surface area contributed by atoms with Crippen molar-refractivity contribution in [1.82, 2.24) is 9.47 Å². The summed E-state index contributed by atoms with van der Waals surface area (Å²) in [6.45, 7) is 1.43. The first-order valence-electron chi connectivity index (χ1n) is 9.19. The molecule has 0 bridgehead atoms. The number of carbonyl (C=O) groups excluding carboxylic acids is 1. The summed E-state index contributed by atoms with van der Waals surface area (Å²) in [7, 11) is 0. The predicted molar refractivity (Wildman–Crippen MR) is 101 cm³/mol. The average molecular weight is 366 g/mol. The van der Waals surface area contributed by atoms with Crippen molar-refractivity contribution in [1.29, 1.82) is 0 Å². The lowest BCUT2D eigenvalue weighted by Gasteiger charge is -2.17. The first-order chi connectivity index (χ1) is 13.1. The molecule has 0 radical (unpaired) electrons. The normalized spacial score (nSPS) is 16.9. The predicted octanol–water partition coefficient (Wildman–Crippen LogP) is 2.18. The number of aromatic nitrogens is 1. The number of benzene rings is 2. The molecule has 1 saturated heterocycles. The molecule has 3 aromatic rings. The van der Waals surface area contributed by atoms with E-state index in [1.807, 2.05) is 29.2 Å². The Morgan fingerprint density at radius 1 is 1.15 bits per heavy atom. The van der Waals surface area contributed by atoms with Gasteiger partial charge < -0.3 is 14.4 Å². The first-order valence-corrected chi connectivity index (χ1v) is 9.19. The van der Waals surface area contributed by atoms with E-state index in [2.05, 4.69) is 6.07 Å². The summed E-state index contributed by atoms with van der Waals surface area (Å²) >= 11 is 0. The van der Waals surface area contributed by atoms with Crippen LogP contribution in [-0.4, -0.2) is 33.6 Å². The van der Waals surface area contributed by atoms with Gasteiger partial charge in [0.05, 0.1) is 12.1 Å². The Balaban J connectivity index is 1.41. The highest BCUT2D eigenvalue weighted by atomic mass is 16.4. The number of rotatable bonds is 5. The molecule has 1 amide bonds. The van der Waals surface area contributed by atoms with E-state index in [-0.39, 0.29) is 19.1 Å². The van der Waals surface area contributed by atoms with Gasteiger partial charge in [0, 0.05) is 13.1 Å². The van der Waals surface area contributed by atoms with Gasteiger partial charge in [-0.05, 0) is 42.0 Å². The van der Waals surface area contributed by atoms with Crippen LogP contribution in [0, 0.1) is 5.92 Å². The van der Waals surface area contributed by atoms with Crippen molar-refractivity contribution < 1.29 is 14.3 Å². The third-order valence-electron chi connectivity index (χ3n) is 5.20. The smallest absolute Gasteiger partial charge is 0.408 e. The maximum absolute atomic E-state index is 12.7. The van der Waals surface area contributed by atoms with E-state index in [0.717, 1.165) is 18.4 Å². The highest BCUT2D eigenvalue weighted by Gasteiger charge is 2.27. The molecule has 4 rings (SSSR count). The van der Waals surface area contributed by atoms with Crippen LogP contribution < -0.4 is 5.76 Å². The summed E-state index contributed by atoms with van der Waals surface area (Å²) in [6, 6.07) is 15.1. The molecule has 6 nitrogen and oxygen atoms in total. The van der Waals surface area contributed by atoms with Crippen molar-refractivity contribution in [2.24, 2.45) is 5.92 Å². The molecule has 27 heavy (non-hydrogen) atoms.